The van der Waals surface area contributed by atoms with Gasteiger partial charge >= 0.3 is 6.09 Å². The van der Waals surface area contributed by atoms with E-state index in [2.05, 4.69) is 30.6 Å². The summed E-state index contributed by atoms with van der Waals surface area (Å²) in [5.41, 5.74) is 7.78. The Hall–Kier alpha value is -4.75. The van der Waals surface area contributed by atoms with Crippen molar-refractivity contribution >= 4 is 29.5 Å². The number of aromatic nitrogens is 2. The van der Waals surface area contributed by atoms with Gasteiger partial charge in [-0.1, -0.05) is 30.3 Å². The molecule has 5 rings (SSSR count). The van der Waals surface area contributed by atoms with Crippen molar-refractivity contribution in [2.45, 2.75) is 19.1 Å². The van der Waals surface area contributed by atoms with Crippen LogP contribution >= 0.6 is 0 Å². The van der Waals surface area contributed by atoms with Gasteiger partial charge in [0.05, 0.1) is 26.0 Å². The summed E-state index contributed by atoms with van der Waals surface area (Å²) in [6.07, 6.45) is 1.03. The van der Waals surface area contributed by atoms with Gasteiger partial charge in [0, 0.05) is 24.7 Å². The van der Waals surface area contributed by atoms with E-state index < -0.39 is 12.2 Å². The molecular weight excluding hydrogens is 516 g/mol. The number of hydrogen-bond donors (Lipinski definition) is 4. The average Bonchev–Trinajstić information content (AvgIpc) is 3.47. The van der Waals surface area contributed by atoms with Crippen LogP contribution in [0.4, 0.5) is 16.4 Å². The van der Waals surface area contributed by atoms with E-state index in [-0.39, 0.29) is 30.3 Å². The maximum absolute atomic E-state index is 12.6. The summed E-state index contributed by atoms with van der Waals surface area (Å²) in [6.45, 7) is 3.45. The number of nitrogens with zero attached hydrogens (tertiary/aromatic N) is 5. The van der Waals surface area contributed by atoms with E-state index in [1.165, 1.54) is 19.5 Å². The molecule has 0 saturated heterocycles. The Morgan fingerprint density at radius 3 is 2.70 bits per heavy atom. The second-order valence-corrected chi connectivity index (χ2v) is 9.08. The summed E-state index contributed by atoms with van der Waals surface area (Å²) < 4.78 is 16.9. The van der Waals surface area contributed by atoms with Gasteiger partial charge < -0.3 is 30.4 Å². The van der Waals surface area contributed by atoms with Crippen LogP contribution in [0, 0.1) is 0 Å². The standard InChI is InChI=1S/C27H30N8O5/c1-16(17-6-4-3-5-7-17)30-12-18(36)15-39-21-9-8-20-22(23(21)38-2)33-26(35-11-10-29-24(20)35)34-27(37)40-19-13-31-25(28)32-14-19/h3-9,13-14,16,18,30,36H,10-12,15H2,1-2H3,(H2,28,31,32)(H,33,34,37)/t16-,18-/m1/s1. The molecule has 1 aromatic heterocycles. The van der Waals surface area contributed by atoms with Crippen LogP contribution in [0.25, 0.3) is 0 Å². The maximum Gasteiger partial charge on any atom is 0.419 e. The molecule has 5 N–H and O–H groups in total. The molecule has 0 radical (unpaired) electrons. The summed E-state index contributed by atoms with van der Waals surface area (Å²) in [5.74, 6) is 1.80. The van der Waals surface area contributed by atoms with Crippen molar-refractivity contribution in [3.63, 3.8) is 0 Å². The smallest absolute Gasteiger partial charge is 0.419 e. The van der Waals surface area contributed by atoms with Gasteiger partial charge in [0.2, 0.25) is 11.9 Å². The largest absolute Gasteiger partial charge is 0.491 e. The van der Waals surface area contributed by atoms with Crippen molar-refractivity contribution in [3.05, 3.63) is 66.0 Å². The lowest BCUT2D eigenvalue weighted by Gasteiger charge is -2.28. The first kappa shape index (κ1) is 26.8. The molecule has 3 heterocycles. The highest BCUT2D eigenvalue weighted by atomic mass is 16.6. The lowest BCUT2D eigenvalue weighted by Crippen LogP contribution is -2.48. The van der Waals surface area contributed by atoms with Crippen LogP contribution in [0.3, 0.4) is 0 Å². The van der Waals surface area contributed by atoms with Crippen LogP contribution in [0.15, 0.2) is 64.8 Å². The molecule has 0 bridgehead atoms. The van der Waals surface area contributed by atoms with Crippen LogP contribution in [-0.4, -0.2) is 77.3 Å². The highest BCUT2D eigenvalue weighted by Crippen LogP contribution is 2.43. The predicted molar refractivity (Wildman–Crippen MR) is 148 cm³/mol. The summed E-state index contributed by atoms with van der Waals surface area (Å²) >= 11 is 0. The molecular formula is C27H30N8O5. The average molecular weight is 547 g/mol. The molecule has 0 fully saturated rings. The Bertz CT molecular complexity index is 1410. The highest BCUT2D eigenvalue weighted by molar-refractivity contribution is 6.18. The number of amides is 1. The number of ether oxygens (including phenoxy) is 3. The predicted octanol–water partition coefficient (Wildman–Crippen LogP) is 2.01. The number of nitrogens with two attached hydrogens (primary N) is 1. The number of aliphatic imine (C=N–C) groups is 2. The molecule has 208 valence electrons. The van der Waals surface area contributed by atoms with Gasteiger partial charge in [-0.2, -0.15) is 0 Å². The van der Waals surface area contributed by atoms with E-state index >= 15 is 0 Å². The topological polar surface area (TPSA) is 169 Å². The van der Waals surface area contributed by atoms with Crippen molar-refractivity contribution in [2.75, 3.05) is 39.1 Å². The zero-order valence-corrected chi connectivity index (χ0v) is 22.1. The SMILES string of the molecule is COc1c(OC[C@H](O)CN[C@H](C)c2ccccc2)ccc2c1N=C(NC(=O)Oc1cnc(N)nc1)N1CCN=C21. The molecule has 13 nitrogen and oxygen atoms in total. The summed E-state index contributed by atoms with van der Waals surface area (Å²) in [4.78, 5) is 31.2. The molecule has 2 aliphatic heterocycles. The Kier molecular flexibility index (Phi) is 8.03. The fourth-order valence-corrected chi connectivity index (χ4v) is 4.32. The Morgan fingerprint density at radius 2 is 1.95 bits per heavy atom. The number of amidine groups is 1. The van der Waals surface area contributed by atoms with Gasteiger partial charge in [-0.3, -0.25) is 15.2 Å². The minimum absolute atomic E-state index is 0.0293. The third-order valence-electron chi connectivity index (χ3n) is 6.32. The Labute approximate surface area is 230 Å². The number of guanidine groups is 1. The van der Waals surface area contributed by atoms with Gasteiger partial charge in [-0.15, -0.1) is 0 Å². The van der Waals surface area contributed by atoms with Crippen LogP contribution in [0.2, 0.25) is 0 Å². The molecule has 0 aliphatic carbocycles. The quantitative estimate of drug-likeness (QED) is 0.311. The van der Waals surface area contributed by atoms with Gasteiger partial charge in [0.25, 0.3) is 0 Å². The Balaban J connectivity index is 1.29. The van der Waals surface area contributed by atoms with E-state index in [1.807, 2.05) is 43.3 Å². The van der Waals surface area contributed by atoms with Gasteiger partial charge in [-0.25, -0.2) is 19.8 Å². The molecule has 13 heteroatoms. The van der Waals surface area contributed by atoms with E-state index in [0.29, 0.717) is 42.7 Å². The van der Waals surface area contributed by atoms with Crippen LogP contribution in [0.1, 0.15) is 24.1 Å². The summed E-state index contributed by atoms with van der Waals surface area (Å²) in [5, 5.41) is 16.5. The molecule has 2 atom stereocenters. The number of nitrogens with one attached hydrogen (secondary N) is 2. The zero-order valence-electron chi connectivity index (χ0n) is 22.1. The summed E-state index contributed by atoms with van der Waals surface area (Å²) in [7, 11) is 1.50. The monoisotopic (exact) mass is 546 g/mol. The number of carbonyl (C=O) groups is 1. The fourth-order valence-electron chi connectivity index (χ4n) is 4.32. The van der Waals surface area contributed by atoms with E-state index in [0.717, 1.165) is 11.1 Å². The van der Waals surface area contributed by atoms with Gasteiger partial charge in [-0.05, 0) is 24.6 Å². The number of carbonyl (C=O) groups excluding carboxylic acids is 1. The number of anilines is 1. The zero-order chi connectivity index (χ0) is 28.1. The molecule has 0 saturated carbocycles. The minimum atomic E-state index is -0.784. The van der Waals surface area contributed by atoms with Crippen molar-refractivity contribution in [2.24, 2.45) is 9.98 Å². The number of aliphatic hydroxyl groups excluding tert-OH is 1. The lowest BCUT2D eigenvalue weighted by molar-refractivity contribution is 0.102. The number of nitrogen functional groups attached to an aromatic ring is 1. The molecule has 3 aromatic rings. The number of hydrogen-bond acceptors (Lipinski definition) is 12. The number of methoxy groups -OCH3 is 1. The number of rotatable bonds is 9. The number of fused-ring (bicyclic) bond motifs is 3. The highest BCUT2D eigenvalue weighted by Gasteiger charge is 2.33. The van der Waals surface area contributed by atoms with Crippen LogP contribution < -0.4 is 30.6 Å². The summed E-state index contributed by atoms with van der Waals surface area (Å²) in [6, 6.07) is 13.6. The molecule has 0 spiro atoms. The Morgan fingerprint density at radius 1 is 1.18 bits per heavy atom. The first-order chi connectivity index (χ1) is 19.4. The second kappa shape index (κ2) is 12.0. The lowest BCUT2D eigenvalue weighted by atomic mass is 10.1. The van der Waals surface area contributed by atoms with Gasteiger partial charge in [0.15, 0.2) is 17.2 Å². The van der Waals surface area contributed by atoms with Crippen LogP contribution in [0.5, 0.6) is 17.2 Å². The van der Waals surface area contributed by atoms with E-state index in [1.54, 1.807) is 11.0 Å². The van der Waals surface area contributed by atoms with Crippen molar-refractivity contribution in [3.8, 4) is 17.2 Å². The molecule has 0 unspecified atom stereocenters. The fraction of sp³-hybridized carbons (Fsp3) is 0.296. The molecule has 2 aromatic carbocycles. The molecule has 40 heavy (non-hydrogen) atoms. The molecule has 2 aliphatic rings. The van der Waals surface area contributed by atoms with Gasteiger partial charge in [0.1, 0.15) is 24.2 Å². The molecule has 1 amide bonds. The first-order valence-corrected chi connectivity index (χ1v) is 12.7. The normalized spacial score (nSPS) is 15.2. The van der Waals surface area contributed by atoms with Crippen LogP contribution in [-0.2, 0) is 0 Å². The first-order valence-electron chi connectivity index (χ1n) is 12.7. The second-order valence-electron chi connectivity index (χ2n) is 9.08. The van der Waals surface area contributed by atoms with Crippen molar-refractivity contribution in [1.29, 1.82) is 0 Å². The number of benzene rings is 2. The van der Waals surface area contributed by atoms with Crippen molar-refractivity contribution in [1.82, 2.24) is 25.5 Å². The van der Waals surface area contributed by atoms with Crippen molar-refractivity contribution < 1.29 is 24.1 Å². The van der Waals surface area contributed by atoms with E-state index in [9.17, 15) is 9.90 Å². The third kappa shape index (κ3) is 5.95. The third-order valence-corrected chi connectivity index (χ3v) is 6.32. The minimum Gasteiger partial charge on any atom is -0.491 e. The van der Waals surface area contributed by atoms with E-state index in [4.69, 9.17) is 19.9 Å². The number of aliphatic hydroxyl groups is 1. The maximum atomic E-state index is 12.6.